The zero-order valence-electron chi connectivity index (χ0n) is 12.6. The van der Waals surface area contributed by atoms with E-state index in [9.17, 15) is 8.42 Å². The third kappa shape index (κ3) is 6.34. The van der Waals surface area contributed by atoms with E-state index in [0.717, 1.165) is 6.42 Å². The molecule has 1 rings (SSSR count). The lowest BCUT2D eigenvalue weighted by Gasteiger charge is -2.10. The number of rotatable bonds is 9. The Kier molecular flexibility index (Phi) is 7.65. The number of hydrogen-bond acceptors (Lipinski definition) is 4. The number of ether oxygens (including phenoxy) is 2. The Hall–Kier alpha value is -0.630. The highest BCUT2D eigenvalue weighted by Gasteiger charge is 2.15. The Morgan fingerprint density at radius 2 is 2.00 bits per heavy atom. The van der Waals surface area contributed by atoms with Crippen molar-refractivity contribution in [2.75, 3.05) is 26.9 Å². The summed E-state index contributed by atoms with van der Waals surface area (Å²) in [5.41, 5.74) is 0. The highest BCUT2D eigenvalue weighted by Crippen LogP contribution is 2.27. The van der Waals surface area contributed by atoms with Crippen LogP contribution in [-0.2, 0) is 14.8 Å². The van der Waals surface area contributed by atoms with Crippen LogP contribution in [0.1, 0.15) is 20.3 Å². The van der Waals surface area contributed by atoms with Gasteiger partial charge in [0.05, 0.1) is 23.1 Å². The predicted molar refractivity (Wildman–Crippen MR) is 86.2 cm³/mol. The molecule has 0 atom stereocenters. The second-order valence-corrected chi connectivity index (χ2v) is 7.61. The fourth-order valence-corrected chi connectivity index (χ4v) is 3.30. The number of benzene rings is 1. The Labute approximate surface area is 135 Å². The van der Waals surface area contributed by atoms with Crippen molar-refractivity contribution in [2.24, 2.45) is 5.92 Å². The van der Waals surface area contributed by atoms with E-state index in [4.69, 9.17) is 9.47 Å². The summed E-state index contributed by atoms with van der Waals surface area (Å²) in [4.78, 5) is 0.192. The smallest absolute Gasteiger partial charge is 0.240 e. The second kappa shape index (κ2) is 8.73. The van der Waals surface area contributed by atoms with E-state index in [0.29, 0.717) is 29.4 Å². The molecule has 21 heavy (non-hydrogen) atoms. The van der Waals surface area contributed by atoms with Gasteiger partial charge in [0.25, 0.3) is 0 Å². The molecule has 0 fully saturated rings. The highest BCUT2D eigenvalue weighted by molar-refractivity contribution is 9.10. The van der Waals surface area contributed by atoms with E-state index in [2.05, 4.69) is 34.5 Å². The zero-order valence-corrected chi connectivity index (χ0v) is 15.0. The van der Waals surface area contributed by atoms with Gasteiger partial charge in [0.2, 0.25) is 10.0 Å². The quantitative estimate of drug-likeness (QED) is 0.670. The maximum atomic E-state index is 12.1. The van der Waals surface area contributed by atoms with Crippen molar-refractivity contribution in [1.29, 1.82) is 0 Å². The molecule has 1 N–H and O–H groups in total. The van der Waals surface area contributed by atoms with E-state index >= 15 is 0 Å². The Morgan fingerprint density at radius 1 is 1.29 bits per heavy atom. The van der Waals surface area contributed by atoms with Crippen molar-refractivity contribution >= 4 is 26.0 Å². The van der Waals surface area contributed by atoms with Crippen molar-refractivity contribution in [3.63, 3.8) is 0 Å². The molecule has 0 saturated heterocycles. The van der Waals surface area contributed by atoms with Crippen LogP contribution in [-0.4, -0.2) is 35.3 Å². The first-order valence-electron chi connectivity index (χ1n) is 6.77. The molecule has 0 heterocycles. The minimum atomic E-state index is -3.53. The maximum absolute atomic E-state index is 12.1. The first kappa shape index (κ1) is 18.4. The average molecular weight is 380 g/mol. The molecule has 0 amide bonds. The van der Waals surface area contributed by atoms with Crippen LogP contribution in [0.3, 0.4) is 0 Å². The first-order valence-corrected chi connectivity index (χ1v) is 9.05. The van der Waals surface area contributed by atoms with Gasteiger partial charge in [-0.25, -0.2) is 13.1 Å². The molecule has 1 aromatic rings. The van der Waals surface area contributed by atoms with Crippen LogP contribution in [0, 0.1) is 5.92 Å². The maximum Gasteiger partial charge on any atom is 0.240 e. The van der Waals surface area contributed by atoms with E-state index in [1.165, 1.54) is 19.2 Å². The largest absolute Gasteiger partial charge is 0.496 e. The van der Waals surface area contributed by atoms with Crippen LogP contribution in [0.25, 0.3) is 0 Å². The molecule has 0 radical (unpaired) electrons. The fourth-order valence-electron chi connectivity index (χ4n) is 1.57. The topological polar surface area (TPSA) is 64.6 Å². The van der Waals surface area contributed by atoms with Crippen LogP contribution in [0.15, 0.2) is 27.6 Å². The van der Waals surface area contributed by atoms with Crippen LogP contribution in [0.4, 0.5) is 0 Å². The van der Waals surface area contributed by atoms with Crippen LogP contribution in [0.5, 0.6) is 5.75 Å². The van der Waals surface area contributed by atoms with Gasteiger partial charge < -0.3 is 9.47 Å². The minimum absolute atomic E-state index is 0.192. The van der Waals surface area contributed by atoms with Gasteiger partial charge in [-0.2, -0.15) is 0 Å². The van der Waals surface area contributed by atoms with E-state index in [-0.39, 0.29) is 11.4 Å². The summed E-state index contributed by atoms with van der Waals surface area (Å²) in [6, 6.07) is 4.63. The molecular formula is C14H22BrNO4S. The van der Waals surface area contributed by atoms with Gasteiger partial charge in [0.15, 0.2) is 0 Å². The van der Waals surface area contributed by atoms with Crippen molar-refractivity contribution in [3.05, 3.63) is 22.7 Å². The normalized spacial score (nSPS) is 11.9. The molecule has 7 heteroatoms. The third-order valence-electron chi connectivity index (χ3n) is 2.81. The molecule has 0 saturated carbocycles. The van der Waals surface area contributed by atoms with E-state index < -0.39 is 10.0 Å². The third-order valence-corrected chi connectivity index (χ3v) is 4.89. The molecule has 0 aliphatic rings. The Bertz CT molecular complexity index is 546. The molecule has 5 nitrogen and oxygen atoms in total. The van der Waals surface area contributed by atoms with Gasteiger partial charge in [-0.15, -0.1) is 0 Å². The molecular weight excluding hydrogens is 358 g/mol. The van der Waals surface area contributed by atoms with Gasteiger partial charge in [-0.3, -0.25) is 0 Å². The summed E-state index contributed by atoms with van der Waals surface area (Å²) >= 11 is 3.27. The molecule has 0 unspecified atom stereocenters. The molecule has 0 bridgehead atoms. The fraction of sp³-hybridized carbons (Fsp3) is 0.571. The SMILES string of the molecule is COc1ccc(S(=O)(=O)NCCOCCC(C)C)cc1Br. The van der Waals surface area contributed by atoms with Gasteiger partial charge in [-0.05, 0) is 46.5 Å². The summed E-state index contributed by atoms with van der Waals surface area (Å²) in [6.45, 7) is 5.50. The standard InChI is InChI=1S/C14H22BrNO4S/c1-11(2)6-8-20-9-7-16-21(17,18)12-4-5-14(19-3)13(15)10-12/h4-5,10-11,16H,6-9H2,1-3H3. The first-order chi connectivity index (χ1) is 9.86. The lowest BCUT2D eigenvalue weighted by atomic mass is 10.1. The number of sulfonamides is 1. The van der Waals surface area contributed by atoms with Crippen molar-refractivity contribution in [3.8, 4) is 5.75 Å². The van der Waals surface area contributed by atoms with Crippen molar-refractivity contribution < 1.29 is 17.9 Å². The summed E-state index contributed by atoms with van der Waals surface area (Å²) < 4.78 is 37.8. The number of nitrogens with one attached hydrogen (secondary N) is 1. The summed E-state index contributed by atoms with van der Waals surface area (Å²) in [7, 11) is -2.00. The van der Waals surface area contributed by atoms with Crippen LogP contribution < -0.4 is 9.46 Å². The van der Waals surface area contributed by atoms with Gasteiger partial charge in [-0.1, -0.05) is 13.8 Å². The van der Waals surface area contributed by atoms with Gasteiger partial charge in [0, 0.05) is 13.2 Å². The van der Waals surface area contributed by atoms with Gasteiger partial charge >= 0.3 is 0 Å². The second-order valence-electron chi connectivity index (χ2n) is 4.99. The van der Waals surface area contributed by atoms with Crippen LogP contribution in [0.2, 0.25) is 0 Å². The summed E-state index contributed by atoms with van der Waals surface area (Å²) in [6.07, 6.45) is 0.970. The molecule has 0 aliphatic carbocycles. The lowest BCUT2D eigenvalue weighted by Crippen LogP contribution is -2.27. The Morgan fingerprint density at radius 3 is 2.57 bits per heavy atom. The monoisotopic (exact) mass is 379 g/mol. The Balaban J connectivity index is 2.48. The number of hydrogen-bond donors (Lipinski definition) is 1. The summed E-state index contributed by atoms with van der Waals surface area (Å²) in [5.74, 6) is 1.17. The van der Waals surface area contributed by atoms with Crippen molar-refractivity contribution in [1.82, 2.24) is 4.72 Å². The molecule has 120 valence electrons. The van der Waals surface area contributed by atoms with E-state index in [1.54, 1.807) is 6.07 Å². The molecule has 0 aromatic heterocycles. The van der Waals surface area contributed by atoms with E-state index in [1.807, 2.05) is 0 Å². The molecule has 0 spiro atoms. The number of methoxy groups -OCH3 is 1. The van der Waals surface area contributed by atoms with Gasteiger partial charge in [0.1, 0.15) is 5.75 Å². The van der Waals surface area contributed by atoms with Crippen LogP contribution >= 0.6 is 15.9 Å². The highest BCUT2D eigenvalue weighted by atomic mass is 79.9. The average Bonchev–Trinajstić information content (AvgIpc) is 2.42. The minimum Gasteiger partial charge on any atom is -0.496 e. The lowest BCUT2D eigenvalue weighted by molar-refractivity contribution is 0.128. The predicted octanol–water partition coefficient (Wildman–Crippen LogP) is 2.80. The molecule has 1 aromatic carbocycles. The van der Waals surface area contributed by atoms with Crippen molar-refractivity contribution in [2.45, 2.75) is 25.2 Å². The zero-order chi connectivity index (χ0) is 15.9. The number of halogens is 1. The summed E-state index contributed by atoms with van der Waals surface area (Å²) in [5, 5.41) is 0. The molecule has 0 aliphatic heterocycles.